The van der Waals surface area contributed by atoms with E-state index in [9.17, 15) is 0 Å². The van der Waals surface area contributed by atoms with Crippen LogP contribution in [0.3, 0.4) is 0 Å². The monoisotopic (exact) mass is 205 g/mol. The van der Waals surface area contributed by atoms with Gasteiger partial charge in [-0.05, 0) is 33.6 Å². The number of rotatable bonds is 1. The number of ether oxygens (including phenoxy) is 1. The Balaban J connectivity index is 0.000000845. The molecule has 1 aliphatic carbocycles. The van der Waals surface area contributed by atoms with Gasteiger partial charge < -0.3 is 10.1 Å². The molecule has 0 bridgehead atoms. The molecule has 78 valence electrons. The Morgan fingerprint density at radius 1 is 1.23 bits per heavy atom. The zero-order chi connectivity index (χ0) is 8.82. The normalized spacial score (nSPS) is 26.1. The van der Waals surface area contributed by atoms with Crippen LogP contribution in [-0.2, 0) is 4.74 Å². The first-order valence-electron chi connectivity index (χ1n) is 4.88. The summed E-state index contributed by atoms with van der Waals surface area (Å²) in [4.78, 5) is 0. The third-order valence-corrected chi connectivity index (χ3v) is 2.84. The van der Waals surface area contributed by atoms with Crippen molar-refractivity contribution in [3.05, 3.63) is 0 Å². The maximum Gasteiger partial charge on any atom is 0.0602 e. The molecule has 2 aliphatic rings. The van der Waals surface area contributed by atoms with E-state index in [2.05, 4.69) is 26.1 Å². The summed E-state index contributed by atoms with van der Waals surface area (Å²) in [5, 5.41) is 3.33. The van der Waals surface area contributed by atoms with Crippen molar-refractivity contribution in [1.29, 1.82) is 0 Å². The van der Waals surface area contributed by atoms with Gasteiger partial charge in [0.25, 0.3) is 0 Å². The molecule has 3 heteroatoms. The first-order valence-corrected chi connectivity index (χ1v) is 4.88. The molecule has 1 heterocycles. The van der Waals surface area contributed by atoms with Gasteiger partial charge in [0.2, 0.25) is 0 Å². The lowest BCUT2D eigenvalue weighted by atomic mass is 9.63. The number of halogens is 1. The quantitative estimate of drug-likeness (QED) is 0.707. The van der Waals surface area contributed by atoms with E-state index >= 15 is 0 Å². The van der Waals surface area contributed by atoms with Crippen LogP contribution in [0.15, 0.2) is 0 Å². The van der Waals surface area contributed by atoms with Crippen molar-refractivity contribution in [3.63, 3.8) is 0 Å². The molecule has 0 atom stereocenters. The van der Waals surface area contributed by atoms with Crippen molar-refractivity contribution in [3.8, 4) is 0 Å². The van der Waals surface area contributed by atoms with E-state index < -0.39 is 0 Å². The van der Waals surface area contributed by atoms with Crippen LogP contribution in [-0.4, -0.2) is 24.8 Å². The average molecular weight is 206 g/mol. The summed E-state index contributed by atoms with van der Waals surface area (Å²) in [7, 11) is 0. The van der Waals surface area contributed by atoms with Crippen molar-refractivity contribution < 1.29 is 4.74 Å². The zero-order valence-electron chi connectivity index (χ0n) is 8.72. The Morgan fingerprint density at radius 3 is 2.08 bits per heavy atom. The molecule has 2 fully saturated rings. The summed E-state index contributed by atoms with van der Waals surface area (Å²) in [6.45, 7) is 8.85. The van der Waals surface area contributed by atoms with Gasteiger partial charge in [0.05, 0.1) is 11.7 Å². The fourth-order valence-electron chi connectivity index (χ4n) is 2.26. The lowest BCUT2D eigenvalue weighted by Crippen LogP contribution is -2.62. The molecule has 1 saturated heterocycles. The Bertz CT molecular complexity index is 176. The molecule has 13 heavy (non-hydrogen) atoms. The second-order valence-electron chi connectivity index (χ2n) is 5.36. The molecule has 0 radical (unpaired) electrons. The summed E-state index contributed by atoms with van der Waals surface area (Å²) in [6, 6.07) is 0. The van der Waals surface area contributed by atoms with Crippen LogP contribution in [0.1, 0.15) is 33.6 Å². The number of hydrogen-bond donors (Lipinski definition) is 1. The number of hydrogen-bond acceptors (Lipinski definition) is 2. The molecule has 0 aromatic heterocycles. The van der Waals surface area contributed by atoms with E-state index in [0.29, 0.717) is 11.5 Å². The van der Waals surface area contributed by atoms with Crippen LogP contribution in [0.25, 0.3) is 0 Å². The lowest BCUT2D eigenvalue weighted by molar-refractivity contribution is -0.156. The summed E-state index contributed by atoms with van der Waals surface area (Å²) in [5.41, 5.74) is 0.694. The minimum Gasteiger partial charge on any atom is -0.373 e. The second-order valence-corrected chi connectivity index (χ2v) is 5.36. The molecule has 1 aliphatic heterocycles. The van der Waals surface area contributed by atoms with E-state index in [1.54, 1.807) is 0 Å². The van der Waals surface area contributed by atoms with Crippen molar-refractivity contribution >= 4 is 12.4 Å². The van der Waals surface area contributed by atoms with Crippen LogP contribution in [0.5, 0.6) is 0 Å². The minimum absolute atomic E-state index is 0. The predicted molar refractivity (Wildman–Crippen MR) is 56.4 cm³/mol. The molecule has 2 rings (SSSR count). The third-order valence-electron chi connectivity index (χ3n) is 2.84. The summed E-state index contributed by atoms with van der Waals surface area (Å²) in [5.74, 6) is 0. The Kier molecular flexibility index (Phi) is 2.96. The van der Waals surface area contributed by atoms with Crippen molar-refractivity contribution in [1.82, 2.24) is 5.32 Å². The predicted octanol–water partition coefficient (Wildman–Crippen LogP) is 1.98. The van der Waals surface area contributed by atoms with E-state index in [4.69, 9.17) is 4.74 Å². The van der Waals surface area contributed by atoms with E-state index in [1.807, 2.05) is 0 Å². The van der Waals surface area contributed by atoms with Gasteiger partial charge >= 0.3 is 0 Å². The highest BCUT2D eigenvalue weighted by atomic mass is 35.5. The van der Waals surface area contributed by atoms with Crippen molar-refractivity contribution in [2.75, 3.05) is 13.1 Å². The first kappa shape index (κ1) is 11.3. The van der Waals surface area contributed by atoms with Gasteiger partial charge in [-0.1, -0.05) is 0 Å². The Morgan fingerprint density at radius 2 is 1.77 bits per heavy atom. The Labute approximate surface area is 86.8 Å². The highest BCUT2D eigenvalue weighted by molar-refractivity contribution is 5.85. The largest absolute Gasteiger partial charge is 0.373 e. The SMILES string of the molecule is CC(C)(C)OC1CC2(CNC2)C1.Cl. The molecule has 0 amide bonds. The van der Waals surface area contributed by atoms with Gasteiger partial charge in [-0.2, -0.15) is 0 Å². The van der Waals surface area contributed by atoms with Gasteiger partial charge in [-0.25, -0.2) is 0 Å². The molecular formula is C10H20ClNO. The Hall–Kier alpha value is 0.210. The summed E-state index contributed by atoms with van der Waals surface area (Å²) in [6.07, 6.45) is 3.08. The smallest absolute Gasteiger partial charge is 0.0602 e. The highest BCUT2D eigenvalue weighted by Gasteiger charge is 2.49. The van der Waals surface area contributed by atoms with Gasteiger partial charge in [-0.15, -0.1) is 12.4 Å². The molecule has 1 N–H and O–H groups in total. The highest BCUT2D eigenvalue weighted by Crippen LogP contribution is 2.46. The maximum absolute atomic E-state index is 5.88. The third kappa shape index (κ3) is 2.36. The molecule has 0 unspecified atom stereocenters. The van der Waals surface area contributed by atoms with Crippen LogP contribution in [0.2, 0.25) is 0 Å². The first-order chi connectivity index (χ1) is 5.49. The molecule has 1 spiro atoms. The number of nitrogens with one attached hydrogen (secondary N) is 1. The van der Waals surface area contributed by atoms with Crippen LogP contribution < -0.4 is 5.32 Å². The van der Waals surface area contributed by atoms with Gasteiger partial charge in [0.15, 0.2) is 0 Å². The van der Waals surface area contributed by atoms with E-state index in [1.165, 1.54) is 25.9 Å². The topological polar surface area (TPSA) is 21.3 Å². The van der Waals surface area contributed by atoms with E-state index in [0.717, 1.165) is 0 Å². The fraction of sp³-hybridized carbons (Fsp3) is 1.00. The van der Waals surface area contributed by atoms with Crippen LogP contribution in [0.4, 0.5) is 0 Å². The second kappa shape index (κ2) is 3.41. The summed E-state index contributed by atoms with van der Waals surface area (Å²) < 4.78 is 5.88. The molecule has 0 aromatic rings. The average Bonchev–Trinajstić information content (AvgIpc) is 1.69. The summed E-state index contributed by atoms with van der Waals surface area (Å²) >= 11 is 0. The molecule has 1 saturated carbocycles. The molecule has 0 aromatic carbocycles. The van der Waals surface area contributed by atoms with Crippen LogP contribution >= 0.6 is 12.4 Å². The van der Waals surface area contributed by atoms with Gasteiger partial charge in [-0.3, -0.25) is 0 Å². The maximum atomic E-state index is 5.88. The lowest BCUT2D eigenvalue weighted by Gasteiger charge is -2.55. The standard InChI is InChI=1S/C10H19NO.ClH/c1-9(2,3)12-8-4-10(5-8)6-11-7-10;/h8,11H,4-7H2,1-3H3;1H. The molecule has 2 nitrogen and oxygen atoms in total. The minimum atomic E-state index is 0. The fourth-order valence-corrected chi connectivity index (χ4v) is 2.26. The molecular weight excluding hydrogens is 186 g/mol. The van der Waals surface area contributed by atoms with Gasteiger partial charge in [0.1, 0.15) is 0 Å². The van der Waals surface area contributed by atoms with E-state index in [-0.39, 0.29) is 18.0 Å². The van der Waals surface area contributed by atoms with Crippen molar-refractivity contribution in [2.45, 2.75) is 45.3 Å². The van der Waals surface area contributed by atoms with Gasteiger partial charge in [0, 0.05) is 18.5 Å². The van der Waals surface area contributed by atoms with Crippen LogP contribution in [0, 0.1) is 5.41 Å². The zero-order valence-corrected chi connectivity index (χ0v) is 9.54. The van der Waals surface area contributed by atoms with Crippen molar-refractivity contribution in [2.24, 2.45) is 5.41 Å².